The summed E-state index contributed by atoms with van der Waals surface area (Å²) in [5, 5.41) is 20.5. The van der Waals surface area contributed by atoms with Gasteiger partial charge in [-0.3, -0.25) is 4.68 Å². The molecule has 1 atom stereocenters. The van der Waals surface area contributed by atoms with Gasteiger partial charge in [-0.15, -0.1) is 35.3 Å². The van der Waals surface area contributed by atoms with Gasteiger partial charge in [0.1, 0.15) is 6.10 Å². The molecule has 3 N–H and O–H groups in total. The minimum Gasteiger partial charge on any atom is -0.386 e. The lowest BCUT2D eigenvalue weighted by Gasteiger charge is -2.14. The number of aliphatic hydroxyl groups excluding tert-OH is 1. The number of aliphatic hydroxyl groups is 1. The third-order valence-electron chi connectivity index (χ3n) is 2.91. The second-order valence-corrected chi connectivity index (χ2v) is 6.50. The highest BCUT2D eigenvalue weighted by Gasteiger charge is 2.11. The maximum Gasteiger partial charge on any atom is 0.191 e. The number of guanidine groups is 1. The van der Waals surface area contributed by atoms with Gasteiger partial charge in [0.2, 0.25) is 0 Å². The summed E-state index contributed by atoms with van der Waals surface area (Å²) in [5.41, 5.74) is 1.03. The molecule has 2 heterocycles. The first-order valence-corrected chi connectivity index (χ1v) is 8.21. The van der Waals surface area contributed by atoms with Crippen molar-refractivity contribution in [2.24, 2.45) is 12.0 Å². The highest BCUT2D eigenvalue weighted by Crippen LogP contribution is 2.26. The zero-order valence-electron chi connectivity index (χ0n) is 13.0. The van der Waals surface area contributed by atoms with Crippen LogP contribution in [0.3, 0.4) is 0 Å². The van der Waals surface area contributed by atoms with Crippen molar-refractivity contribution in [3.8, 4) is 0 Å². The molecule has 23 heavy (non-hydrogen) atoms. The Kier molecular flexibility index (Phi) is 8.88. The van der Waals surface area contributed by atoms with Crippen LogP contribution in [0.25, 0.3) is 0 Å². The molecule has 0 aliphatic heterocycles. The van der Waals surface area contributed by atoms with Crippen LogP contribution in [-0.2, 0) is 13.6 Å². The van der Waals surface area contributed by atoms with E-state index in [4.69, 9.17) is 11.6 Å². The monoisotopic (exact) mass is 469 g/mol. The molecule has 0 spiro atoms. The number of aryl methyl sites for hydroxylation is 1. The molecule has 0 aliphatic rings. The number of halogens is 2. The zero-order valence-corrected chi connectivity index (χ0v) is 16.9. The smallest absolute Gasteiger partial charge is 0.191 e. The first-order chi connectivity index (χ1) is 10.6. The molecule has 0 aliphatic carbocycles. The fourth-order valence-electron chi connectivity index (χ4n) is 1.87. The Morgan fingerprint density at radius 2 is 2.26 bits per heavy atom. The maximum atomic E-state index is 10.1. The lowest BCUT2D eigenvalue weighted by molar-refractivity contribution is 0.184. The number of thiophene rings is 1. The van der Waals surface area contributed by atoms with Crippen LogP contribution in [0.4, 0.5) is 0 Å². The molecule has 0 saturated heterocycles. The predicted octanol–water partition coefficient (Wildman–Crippen LogP) is 2.54. The van der Waals surface area contributed by atoms with Crippen LogP contribution in [0.5, 0.6) is 0 Å². The third kappa shape index (κ3) is 6.66. The molecular formula is C14H21ClIN5OS. The predicted molar refractivity (Wildman–Crippen MR) is 106 cm³/mol. The highest BCUT2D eigenvalue weighted by atomic mass is 127. The van der Waals surface area contributed by atoms with Crippen molar-refractivity contribution in [3.63, 3.8) is 0 Å². The van der Waals surface area contributed by atoms with Crippen LogP contribution in [0.1, 0.15) is 23.5 Å². The Morgan fingerprint density at radius 3 is 2.83 bits per heavy atom. The third-order valence-corrected chi connectivity index (χ3v) is 4.24. The summed E-state index contributed by atoms with van der Waals surface area (Å²) in [4.78, 5) is 5.31. The molecule has 0 bridgehead atoms. The normalized spacial score (nSPS) is 12.6. The van der Waals surface area contributed by atoms with E-state index in [1.54, 1.807) is 16.9 Å². The average Bonchev–Trinajstić information content (AvgIpc) is 3.10. The van der Waals surface area contributed by atoms with Crippen molar-refractivity contribution in [2.45, 2.75) is 19.6 Å². The Bertz CT molecular complexity index is 630. The number of aliphatic imine (C=N–C) groups is 1. The van der Waals surface area contributed by atoms with Crippen molar-refractivity contribution < 1.29 is 5.11 Å². The lowest BCUT2D eigenvalue weighted by atomic mass is 10.3. The Labute approximate surface area is 162 Å². The van der Waals surface area contributed by atoms with E-state index in [0.29, 0.717) is 23.4 Å². The first kappa shape index (κ1) is 20.2. The van der Waals surface area contributed by atoms with Crippen molar-refractivity contribution in [1.29, 1.82) is 0 Å². The summed E-state index contributed by atoms with van der Waals surface area (Å²) in [6.45, 7) is 3.65. The Hall–Kier alpha value is -0.840. The molecule has 0 amide bonds. The molecule has 0 fully saturated rings. The van der Waals surface area contributed by atoms with E-state index < -0.39 is 6.10 Å². The van der Waals surface area contributed by atoms with E-state index >= 15 is 0 Å². The van der Waals surface area contributed by atoms with Crippen LogP contribution in [-0.4, -0.2) is 33.9 Å². The molecule has 6 nitrogen and oxygen atoms in total. The number of hydrogen-bond donors (Lipinski definition) is 3. The Morgan fingerprint density at radius 1 is 1.48 bits per heavy atom. The molecule has 0 saturated carbocycles. The summed E-state index contributed by atoms with van der Waals surface area (Å²) >= 11 is 7.26. The number of nitrogens with one attached hydrogen (secondary N) is 2. The number of hydrogen-bond acceptors (Lipinski definition) is 4. The van der Waals surface area contributed by atoms with E-state index in [1.165, 1.54) is 11.3 Å². The Balaban J connectivity index is 0.00000264. The van der Waals surface area contributed by atoms with E-state index in [0.717, 1.165) is 17.0 Å². The zero-order chi connectivity index (χ0) is 15.9. The molecular weight excluding hydrogens is 449 g/mol. The van der Waals surface area contributed by atoms with Crippen molar-refractivity contribution >= 4 is 52.9 Å². The van der Waals surface area contributed by atoms with Crippen LogP contribution in [0.2, 0.25) is 4.34 Å². The van der Waals surface area contributed by atoms with E-state index in [2.05, 4.69) is 20.7 Å². The number of aromatic nitrogens is 2. The standard InChI is InChI=1S/C14H20ClN5OS.HI/c1-3-16-14(17-6-10-7-19-20(2)9-10)18-8-11(21)12-4-5-13(15)22-12;/h4-5,7,9,11,21H,3,6,8H2,1-2H3,(H2,16,17,18);1H. The topological polar surface area (TPSA) is 74.5 Å². The lowest BCUT2D eigenvalue weighted by Crippen LogP contribution is -2.39. The van der Waals surface area contributed by atoms with Gasteiger partial charge in [-0.25, -0.2) is 4.99 Å². The van der Waals surface area contributed by atoms with Gasteiger partial charge in [-0.2, -0.15) is 5.10 Å². The quantitative estimate of drug-likeness (QED) is 0.345. The summed E-state index contributed by atoms with van der Waals surface area (Å²) in [7, 11) is 1.87. The second-order valence-electron chi connectivity index (χ2n) is 4.76. The molecule has 9 heteroatoms. The fraction of sp³-hybridized carbons (Fsp3) is 0.429. The van der Waals surface area contributed by atoms with E-state index in [1.807, 2.05) is 26.2 Å². The van der Waals surface area contributed by atoms with Gasteiger partial charge in [-0.05, 0) is 19.1 Å². The highest BCUT2D eigenvalue weighted by molar-refractivity contribution is 14.0. The van der Waals surface area contributed by atoms with Crippen molar-refractivity contribution in [2.75, 3.05) is 13.1 Å². The fourth-order valence-corrected chi connectivity index (χ4v) is 2.91. The summed E-state index contributed by atoms with van der Waals surface area (Å²) in [6, 6.07) is 3.62. The maximum absolute atomic E-state index is 10.1. The van der Waals surface area contributed by atoms with Gasteiger partial charge < -0.3 is 15.7 Å². The molecule has 2 aromatic heterocycles. The van der Waals surface area contributed by atoms with E-state index in [9.17, 15) is 5.11 Å². The van der Waals surface area contributed by atoms with Crippen molar-refractivity contribution in [1.82, 2.24) is 20.4 Å². The molecule has 0 aromatic carbocycles. The molecule has 2 rings (SSSR count). The SMILES string of the molecule is CCNC(=NCc1cnn(C)c1)NCC(O)c1ccc(Cl)s1.I. The minimum absolute atomic E-state index is 0. The molecule has 1 unspecified atom stereocenters. The van der Waals surface area contributed by atoms with Gasteiger partial charge in [-0.1, -0.05) is 11.6 Å². The van der Waals surface area contributed by atoms with Gasteiger partial charge in [0.05, 0.1) is 17.1 Å². The van der Waals surface area contributed by atoms with Crippen LogP contribution in [0, 0.1) is 0 Å². The first-order valence-electron chi connectivity index (χ1n) is 7.01. The van der Waals surface area contributed by atoms with Crippen LogP contribution in [0.15, 0.2) is 29.5 Å². The summed E-state index contributed by atoms with van der Waals surface area (Å²) in [6.07, 6.45) is 3.10. The van der Waals surface area contributed by atoms with Crippen molar-refractivity contribution in [3.05, 3.63) is 39.3 Å². The summed E-state index contributed by atoms with van der Waals surface area (Å²) in [5.74, 6) is 0.660. The number of rotatable bonds is 6. The van der Waals surface area contributed by atoms with Gasteiger partial charge >= 0.3 is 0 Å². The van der Waals surface area contributed by atoms with Crippen LogP contribution >= 0.6 is 46.9 Å². The van der Waals surface area contributed by atoms with Gasteiger partial charge in [0.25, 0.3) is 0 Å². The van der Waals surface area contributed by atoms with Gasteiger partial charge in [0, 0.05) is 36.8 Å². The molecule has 128 valence electrons. The molecule has 0 radical (unpaired) electrons. The largest absolute Gasteiger partial charge is 0.386 e. The molecule has 2 aromatic rings. The van der Waals surface area contributed by atoms with Crippen LogP contribution < -0.4 is 10.6 Å². The number of nitrogens with zero attached hydrogens (tertiary/aromatic N) is 3. The van der Waals surface area contributed by atoms with E-state index in [-0.39, 0.29) is 24.0 Å². The summed E-state index contributed by atoms with van der Waals surface area (Å²) < 4.78 is 2.42. The average molecular weight is 470 g/mol. The minimum atomic E-state index is -0.611. The second kappa shape index (κ2) is 10.1. The van der Waals surface area contributed by atoms with Gasteiger partial charge in [0.15, 0.2) is 5.96 Å².